The lowest BCUT2D eigenvalue weighted by molar-refractivity contribution is -0.0473. The molecular weight excluding hydrogens is 468 g/mol. The fraction of sp³-hybridized carbons (Fsp3) is 0.765. The summed E-state index contributed by atoms with van der Waals surface area (Å²) in [5, 5.41) is 0. The van der Waals surface area contributed by atoms with Crippen LogP contribution in [-0.2, 0) is 32.0 Å². The van der Waals surface area contributed by atoms with Gasteiger partial charge in [-0.05, 0) is 17.9 Å². The number of rotatable bonds is 12. The first kappa shape index (κ1) is 27.1. The van der Waals surface area contributed by atoms with Crippen molar-refractivity contribution in [3.05, 3.63) is 22.7 Å². The molecule has 0 radical (unpaired) electrons. The maximum atomic E-state index is 12.3. The standard InChI is InChI=1S/C17H31N3O10P2/c1-11(2)8-26-31(22,23)28-10-14-13(30-32(24,25)27-9-12(3)4)7-16(29-14)20-6-5-15(18)19-17(20)21/h5-6,11-14,16H,7-10H2,1-4H3,(H,22,23)(H,24,25)(H2,18,19,21)/t13-,14-,16-/m1/s1. The van der Waals surface area contributed by atoms with Gasteiger partial charge in [-0.1, -0.05) is 27.7 Å². The number of nitrogen functional groups attached to an aromatic ring is 1. The maximum Gasteiger partial charge on any atom is 0.472 e. The molecule has 1 saturated heterocycles. The van der Waals surface area contributed by atoms with Crippen LogP contribution in [0.5, 0.6) is 0 Å². The minimum absolute atomic E-state index is 0.00876. The molecule has 4 N–H and O–H groups in total. The van der Waals surface area contributed by atoms with E-state index in [0.29, 0.717) is 0 Å². The summed E-state index contributed by atoms with van der Waals surface area (Å²) in [6, 6.07) is 1.38. The predicted molar refractivity (Wildman–Crippen MR) is 113 cm³/mol. The number of nitrogens with zero attached hydrogens (tertiary/aromatic N) is 2. The molecule has 5 atom stereocenters. The lowest BCUT2D eigenvalue weighted by Crippen LogP contribution is -2.29. The van der Waals surface area contributed by atoms with Crippen LogP contribution in [0.2, 0.25) is 0 Å². The quantitative estimate of drug-likeness (QED) is 0.357. The third kappa shape index (κ3) is 8.66. The highest BCUT2D eigenvalue weighted by atomic mass is 31.2. The summed E-state index contributed by atoms with van der Waals surface area (Å²) in [6.07, 6.45) is -1.84. The molecule has 2 heterocycles. The molecular formula is C17H31N3O10P2. The van der Waals surface area contributed by atoms with Crippen LogP contribution in [0.25, 0.3) is 0 Å². The van der Waals surface area contributed by atoms with E-state index in [9.17, 15) is 23.7 Å². The molecule has 1 aliphatic rings. The summed E-state index contributed by atoms with van der Waals surface area (Å²) < 4.78 is 51.4. The van der Waals surface area contributed by atoms with Crippen LogP contribution in [0.3, 0.4) is 0 Å². The Labute approximate surface area is 186 Å². The number of aromatic nitrogens is 2. The van der Waals surface area contributed by atoms with Gasteiger partial charge in [0.1, 0.15) is 24.3 Å². The van der Waals surface area contributed by atoms with Crippen molar-refractivity contribution in [3.63, 3.8) is 0 Å². The van der Waals surface area contributed by atoms with Gasteiger partial charge >= 0.3 is 21.3 Å². The second-order valence-corrected chi connectivity index (χ2v) is 11.0. The summed E-state index contributed by atoms with van der Waals surface area (Å²) >= 11 is 0. The second-order valence-electron chi connectivity index (χ2n) is 8.16. The van der Waals surface area contributed by atoms with Crippen LogP contribution in [-0.4, -0.2) is 51.4 Å². The van der Waals surface area contributed by atoms with Crippen molar-refractivity contribution >= 4 is 21.5 Å². The zero-order valence-electron chi connectivity index (χ0n) is 18.4. The number of ether oxygens (including phenoxy) is 1. The molecule has 1 aliphatic heterocycles. The lowest BCUT2D eigenvalue weighted by atomic mass is 10.2. The van der Waals surface area contributed by atoms with E-state index in [0.717, 1.165) is 4.57 Å². The highest BCUT2D eigenvalue weighted by molar-refractivity contribution is 7.47. The van der Waals surface area contributed by atoms with E-state index in [1.165, 1.54) is 12.3 Å². The molecule has 0 amide bonds. The molecule has 32 heavy (non-hydrogen) atoms. The van der Waals surface area contributed by atoms with E-state index in [1.54, 1.807) is 27.7 Å². The van der Waals surface area contributed by atoms with Crippen molar-refractivity contribution in [2.75, 3.05) is 25.6 Å². The molecule has 1 aromatic rings. The minimum atomic E-state index is -4.48. The first-order valence-electron chi connectivity index (χ1n) is 10.1. The Morgan fingerprint density at radius 3 is 2.31 bits per heavy atom. The van der Waals surface area contributed by atoms with Gasteiger partial charge in [0, 0.05) is 12.6 Å². The SMILES string of the molecule is CC(C)COP(=O)(O)OC[C@H]1O[C@@H](n2ccc(N)nc2=O)C[C@H]1OP(=O)(O)OCC(C)C. The zero-order chi connectivity index (χ0) is 24.1. The fourth-order valence-electron chi connectivity index (χ4n) is 2.67. The van der Waals surface area contributed by atoms with E-state index in [-0.39, 0.29) is 37.3 Å². The van der Waals surface area contributed by atoms with Crippen molar-refractivity contribution in [2.45, 2.75) is 52.6 Å². The fourth-order valence-corrected chi connectivity index (χ4v) is 4.68. The molecule has 184 valence electrons. The van der Waals surface area contributed by atoms with E-state index in [1.807, 2.05) is 0 Å². The average Bonchev–Trinajstić information content (AvgIpc) is 3.05. The largest absolute Gasteiger partial charge is 0.472 e. The first-order valence-corrected chi connectivity index (χ1v) is 13.0. The van der Waals surface area contributed by atoms with Crippen LogP contribution in [0.4, 0.5) is 5.82 Å². The Balaban J connectivity index is 2.15. The van der Waals surface area contributed by atoms with E-state index in [2.05, 4.69) is 4.98 Å². The van der Waals surface area contributed by atoms with Crippen molar-refractivity contribution in [1.82, 2.24) is 9.55 Å². The van der Waals surface area contributed by atoms with E-state index >= 15 is 0 Å². The summed E-state index contributed by atoms with van der Waals surface area (Å²) in [7, 11) is -8.89. The molecule has 0 saturated carbocycles. The molecule has 0 aliphatic carbocycles. The molecule has 13 nitrogen and oxygen atoms in total. The molecule has 0 bridgehead atoms. The Kier molecular flexibility index (Phi) is 9.59. The van der Waals surface area contributed by atoms with Gasteiger partial charge < -0.3 is 20.3 Å². The highest BCUT2D eigenvalue weighted by Crippen LogP contribution is 2.50. The number of hydrogen-bond donors (Lipinski definition) is 3. The Morgan fingerprint density at radius 2 is 1.75 bits per heavy atom. The van der Waals surface area contributed by atoms with Gasteiger partial charge in [-0.25, -0.2) is 13.9 Å². The molecule has 15 heteroatoms. The highest BCUT2D eigenvalue weighted by Gasteiger charge is 2.43. The van der Waals surface area contributed by atoms with Crippen LogP contribution < -0.4 is 11.4 Å². The average molecular weight is 499 g/mol. The minimum Gasteiger partial charge on any atom is -0.383 e. The molecule has 1 fully saturated rings. The summed E-state index contributed by atoms with van der Waals surface area (Å²) in [6.45, 7) is 6.63. The Morgan fingerprint density at radius 1 is 1.16 bits per heavy atom. The van der Waals surface area contributed by atoms with E-state index < -0.39 is 46.4 Å². The second kappa shape index (κ2) is 11.3. The molecule has 0 aromatic carbocycles. The Hall–Kier alpha value is -1.14. The number of phosphoric acid groups is 2. The predicted octanol–water partition coefficient (Wildman–Crippen LogP) is 2.06. The van der Waals surface area contributed by atoms with Crippen molar-refractivity contribution in [1.29, 1.82) is 0 Å². The Bertz CT molecular complexity index is 909. The molecule has 0 spiro atoms. The molecule has 2 unspecified atom stereocenters. The monoisotopic (exact) mass is 499 g/mol. The van der Waals surface area contributed by atoms with Gasteiger partial charge in [-0.2, -0.15) is 4.98 Å². The lowest BCUT2D eigenvalue weighted by Gasteiger charge is -2.22. The van der Waals surface area contributed by atoms with Crippen LogP contribution in [0.1, 0.15) is 40.3 Å². The van der Waals surface area contributed by atoms with Crippen molar-refractivity contribution < 1.29 is 41.7 Å². The van der Waals surface area contributed by atoms with Crippen molar-refractivity contribution in [3.8, 4) is 0 Å². The topological polar surface area (TPSA) is 182 Å². The van der Waals surface area contributed by atoms with Gasteiger partial charge in [-0.15, -0.1) is 0 Å². The zero-order valence-corrected chi connectivity index (χ0v) is 20.2. The van der Waals surface area contributed by atoms with Gasteiger partial charge in [0.25, 0.3) is 0 Å². The third-order valence-electron chi connectivity index (χ3n) is 4.15. The summed E-state index contributed by atoms with van der Waals surface area (Å²) in [5.41, 5.74) is 4.80. The molecule has 1 aromatic heterocycles. The van der Waals surface area contributed by atoms with Gasteiger partial charge in [0.2, 0.25) is 0 Å². The van der Waals surface area contributed by atoms with Crippen LogP contribution in [0.15, 0.2) is 17.1 Å². The summed E-state index contributed by atoms with van der Waals surface area (Å²) in [4.78, 5) is 35.7. The number of phosphoric ester groups is 2. The van der Waals surface area contributed by atoms with Crippen LogP contribution >= 0.6 is 15.6 Å². The van der Waals surface area contributed by atoms with Gasteiger partial charge in [0.15, 0.2) is 0 Å². The van der Waals surface area contributed by atoms with E-state index in [4.69, 9.17) is 28.6 Å². The van der Waals surface area contributed by atoms with Crippen LogP contribution in [0, 0.1) is 11.8 Å². The summed E-state index contributed by atoms with van der Waals surface area (Å²) in [5.74, 6) is -0.0171. The van der Waals surface area contributed by atoms with Gasteiger partial charge in [0.05, 0.1) is 19.8 Å². The molecule has 2 rings (SSSR count). The van der Waals surface area contributed by atoms with Crippen molar-refractivity contribution in [2.24, 2.45) is 11.8 Å². The normalized spacial score (nSPS) is 25.2. The number of nitrogens with two attached hydrogens (primary N) is 1. The van der Waals surface area contributed by atoms with Gasteiger partial charge in [-0.3, -0.25) is 22.7 Å². The third-order valence-corrected chi connectivity index (χ3v) is 6.12. The number of hydrogen-bond acceptors (Lipinski definition) is 10. The first-order chi connectivity index (χ1) is 14.8. The maximum absolute atomic E-state index is 12.3. The smallest absolute Gasteiger partial charge is 0.383 e. The number of anilines is 1.